The highest BCUT2D eigenvalue weighted by molar-refractivity contribution is 7.89. The second-order valence-electron chi connectivity index (χ2n) is 8.24. The van der Waals surface area contributed by atoms with Crippen molar-refractivity contribution in [3.8, 4) is 0 Å². The zero-order valence-corrected chi connectivity index (χ0v) is 20.8. The number of hydrogen-bond donors (Lipinski definition) is 1. The Hall–Kier alpha value is -3.07. The first-order chi connectivity index (χ1) is 16.3. The van der Waals surface area contributed by atoms with Crippen LogP contribution in [0.2, 0.25) is 0 Å². The van der Waals surface area contributed by atoms with Crippen LogP contribution < -0.4 is 5.32 Å². The van der Waals surface area contributed by atoms with Crippen LogP contribution in [0.3, 0.4) is 0 Å². The van der Waals surface area contributed by atoms with Crippen LogP contribution in [0, 0.1) is 6.92 Å². The van der Waals surface area contributed by atoms with Crippen molar-refractivity contribution in [3.05, 3.63) is 95.0 Å². The molecule has 0 aliphatic heterocycles. The number of sulfonamides is 1. The molecule has 4 aromatic rings. The lowest BCUT2D eigenvalue weighted by Gasteiger charge is -2.22. The van der Waals surface area contributed by atoms with Gasteiger partial charge in [-0.15, -0.1) is 11.3 Å². The Morgan fingerprint density at radius 2 is 1.71 bits per heavy atom. The maximum absolute atomic E-state index is 13.6. The topological polar surface area (TPSA) is 79.4 Å². The lowest BCUT2D eigenvalue weighted by molar-refractivity contribution is -0.121. The average molecular weight is 494 g/mol. The Morgan fingerprint density at radius 1 is 1.03 bits per heavy atom. The van der Waals surface area contributed by atoms with Crippen molar-refractivity contribution in [3.63, 3.8) is 0 Å². The number of hydrogen-bond acceptors (Lipinski definition) is 5. The van der Waals surface area contributed by atoms with E-state index in [0.29, 0.717) is 6.54 Å². The molecular weight excluding hydrogens is 466 g/mol. The number of aryl methyl sites for hydroxylation is 1. The molecule has 0 spiro atoms. The molecule has 1 amide bonds. The van der Waals surface area contributed by atoms with E-state index >= 15 is 0 Å². The summed E-state index contributed by atoms with van der Waals surface area (Å²) in [6.07, 6.45) is 0. The second-order valence-corrected chi connectivity index (χ2v) is 11.4. The number of thiazole rings is 1. The van der Waals surface area contributed by atoms with E-state index in [-0.39, 0.29) is 29.8 Å². The first-order valence-corrected chi connectivity index (χ1v) is 13.3. The van der Waals surface area contributed by atoms with Crippen molar-refractivity contribution in [1.82, 2.24) is 14.6 Å². The third-order valence-electron chi connectivity index (χ3n) is 5.60. The van der Waals surface area contributed by atoms with E-state index in [1.165, 1.54) is 15.6 Å². The summed E-state index contributed by atoms with van der Waals surface area (Å²) in [6, 6.07) is 24.1. The molecule has 1 atom stereocenters. The summed E-state index contributed by atoms with van der Waals surface area (Å²) in [5.74, 6) is -0.224. The van der Waals surface area contributed by atoms with Crippen LogP contribution in [0.5, 0.6) is 0 Å². The van der Waals surface area contributed by atoms with Gasteiger partial charge in [0.2, 0.25) is 15.9 Å². The molecule has 1 aromatic heterocycles. The summed E-state index contributed by atoms with van der Waals surface area (Å²) in [7, 11) is -3.92. The molecule has 0 saturated carbocycles. The van der Waals surface area contributed by atoms with E-state index in [9.17, 15) is 13.2 Å². The molecular formula is C26H27N3O3S2. The van der Waals surface area contributed by atoms with Gasteiger partial charge in [-0.25, -0.2) is 13.4 Å². The minimum Gasteiger partial charge on any atom is -0.354 e. The number of nitrogens with zero attached hydrogens (tertiary/aromatic N) is 2. The van der Waals surface area contributed by atoms with Crippen molar-refractivity contribution >= 4 is 37.5 Å². The molecule has 34 heavy (non-hydrogen) atoms. The standard InChI is InChI=1S/C26H27N3O3S2/c1-19(22-11-7-4-8-12-22)16-27-26(30)18-29(17-21-9-5-3-6-10-21)34(31,32)23-13-14-24-25(15-23)33-20(2)28-24/h3-15,19H,16-18H2,1-2H3,(H,27,30)/t19-/m1/s1. The van der Waals surface area contributed by atoms with Gasteiger partial charge < -0.3 is 5.32 Å². The second kappa shape index (κ2) is 10.5. The molecule has 1 heterocycles. The van der Waals surface area contributed by atoms with Gasteiger partial charge in [0.05, 0.1) is 26.7 Å². The molecule has 1 N–H and O–H groups in total. The van der Waals surface area contributed by atoms with Crippen molar-refractivity contribution in [2.75, 3.05) is 13.1 Å². The number of carbonyl (C=O) groups is 1. The van der Waals surface area contributed by atoms with Gasteiger partial charge in [-0.1, -0.05) is 67.6 Å². The third kappa shape index (κ3) is 5.70. The molecule has 0 aliphatic carbocycles. The molecule has 0 aliphatic rings. The quantitative estimate of drug-likeness (QED) is 0.366. The number of rotatable bonds is 9. The fraction of sp³-hybridized carbons (Fsp3) is 0.231. The van der Waals surface area contributed by atoms with Crippen LogP contribution in [0.1, 0.15) is 29.0 Å². The van der Waals surface area contributed by atoms with Crippen LogP contribution in [0.15, 0.2) is 83.8 Å². The van der Waals surface area contributed by atoms with Crippen molar-refractivity contribution in [2.45, 2.75) is 31.2 Å². The number of aromatic nitrogens is 1. The lowest BCUT2D eigenvalue weighted by atomic mass is 10.0. The zero-order chi connectivity index (χ0) is 24.1. The summed E-state index contributed by atoms with van der Waals surface area (Å²) in [5.41, 5.74) is 2.69. The van der Waals surface area contributed by atoms with Crippen LogP contribution in [0.25, 0.3) is 10.2 Å². The van der Waals surface area contributed by atoms with E-state index < -0.39 is 10.0 Å². The van der Waals surface area contributed by atoms with Crippen molar-refractivity contribution in [1.29, 1.82) is 0 Å². The number of carbonyl (C=O) groups excluding carboxylic acids is 1. The average Bonchev–Trinajstić information content (AvgIpc) is 3.22. The molecule has 0 bridgehead atoms. The Morgan fingerprint density at radius 3 is 2.41 bits per heavy atom. The van der Waals surface area contributed by atoms with Gasteiger partial charge in [-0.3, -0.25) is 4.79 Å². The van der Waals surface area contributed by atoms with Gasteiger partial charge in [0.1, 0.15) is 0 Å². The third-order valence-corrected chi connectivity index (χ3v) is 8.32. The van der Waals surface area contributed by atoms with Crippen molar-refractivity contribution < 1.29 is 13.2 Å². The molecule has 0 saturated heterocycles. The molecule has 8 heteroatoms. The fourth-order valence-corrected chi connectivity index (χ4v) is 6.08. The normalized spacial score (nSPS) is 12.7. The van der Waals surface area contributed by atoms with Crippen molar-refractivity contribution in [2.24, 2.45) is 0 Å². The summed E-state index contributed by atoms with van der Waals surface area (Å²) < 4.78 is 29.3. The molecule has 6 nitrogen and oxygen atoms in total. The molecule has 3 aromatic carbocycles. The van der Waals surface area contributed by atoms with Crippen LogP contribution in [-0.2, 0) is 21.4 Å². The highest BCUT2D eigenvalue weighted by atomic mass is 32.2. The van der Waals surface area contributed by atoms with Gasteiger partial charge in [0.25, 0.3) is 0 Å². The number of benzene rings is 3. The maximum atomic E-state index is 13.6. The predicted octanol–water partition coefficient (Wildman–Crippen LogP) is 4.72. The van der Waals surface area contributed by atoms with E-state index in [2.05, 4.69) is 10.3 Å². The molecule has 0 unspecified atom stereocenters. The molecule has 4 rings (SSSR count). The number of fused-ring (bicyclic) bond motifs is 1. The first-order valence-electron chi connectivity index (χ1n) is 11.1. The van der Waals surface area contributed by atoms with Gasteiger partial charge in [0.15, 0.2) is 0 Å². The van der Waals surface area contributed by atoms with E-state index in [0.717, 1.165) is 26.4 Å². The van der Waals surface area contributed by atoms with Gasteiger partial charge in [0, 0.05) is 13.1 Å². The summed E-state index contributed by atoms with van der Waals surface area (Å²) in [6.45, 7) is 4.18. The first kappa shape index (κ1) is 24.1. The fourth-order valence-electron chi connectivity index (χ4n) is 3.73. The molecule has 176 valence electrons. The lowest BCUT2D eigenvalue weighted by Crippen LogP contribution is -2.41. The Kier molecular flexibility index (Phi) is 7.41. The largest absolute Gasteiger partial charge is 0.354 e. The highest BCUT2D eigenvalue weighted by Crippen LogP contribution is 2.27. The van der Waals surface area contributed by atoms with Gasteiger partial charge >= 0.3 is 0 Å². The van der Waals surface area contributed by atoms with E-state index in [1.54, 1.807) is 18.2 Å². The van der Waals surface area contributed by atoms with Crippen LogP contribution >= 0.6 is 11.3 Å². The zero-order valence-electron chi connectivity index (χ0n) is 19.1. The number of amides is 1. The number of nitrogens with one attached hydrogen (secondary N) is 1. The smallest absolute Gasteiger partial charge is 0.243 e. The van der Waals surface area contributed by atoms with E-state index in [4.69, 9.17) is 0 Å². The predicted molar refractivity (Wildman–Crippen MR) is 136 cm³/mol. The van der Waals surface area contributed by atoms with Crippen LogP contribution in [-0.4, -0.2) is 36.7 Å². The van der Waals surface area contributed by atoms with Gasteiger partial charge in [-0.05, 0) is 42.2 Å². The molecule has 0 fully saturated rings. The summed E-state index contributed by atoms with van der Waals surface area (Å²) in [4.78, 5) is 17.4. The van der Waals surface area contributed by atoms with Crippen LogP contribution in [0.4, 0.5) is 0 Å². The molecule has 0 radical (unpaired) electrons. The SMILES string of the molecule is Cc1nc2ccc(S(=O)(=O)N(CC(=O)NC[C@@H](C)c3ccccc3)Cc3ccccc3)cc2s1. The Labute approximate surface area is 204 Å². The minimum atomic E-state index is -3.92. The van der Waals surface area contributed by atoms with Gasteiger partial charge in [-0.2, -0.15) is 4.31 Å². The minimum absolute atomic E-state index is 0.102. The van der Waals surface area contributed by atoms with E-state index in [1.807, 2.05) is 74.5 Å². The Bertz CT molecular complexity index is 1370. The Balaban J connectivity index is 1.54. The maximum Gasteiger partial charge on any atom is 0.243 e. The summed E-state index contributed by atoms with van der Waals surface area (Å²) >= 11 is 1.45. The highest BCUT2D eigenvalue weighted by Gasteiger charge is 2.27. The summed E-state index contributed by atoms with van der Waals surface area (Å²) in [5, 5.41) is 3.77. The monoisotopic (exact) mass is 493 g/mol.